The molecule has 1 heteroatoms. The van der Waals surface area contributed by atoms with E-state index in [1.807, 2.05) is 0 Å². The first kappa shape index (κ1) is 10.3. The zero-order valence-corrected chi connectivity index (χ0v) is 9.02. The highest BCUT2D eigenvalue weighted by atomic mass is 14.9. The number of hydrogen-bond acceptors (Lipinski definition) is 1. The number of nitrogens with one attached hydrogen (secondary N) is 1. The third-order valence-corrected chi connectivity index (χ3v) is 1.91. The van der Waals surface area contributed by atoms with Gasteiger partial charge in [0.05, 0.1) is 0 Å². The van der Waals surface area contributed by atoms with Gasteiger partial charge in [0.2, 0.25) is 0 Å². The average Bonchev–Trinajstić information content (AvgIpc) is 2.00. The normalized spacial score (nSPS) is 11.7. The maximum Gasteiger partial charge on any atom is 0.0210 e. The van der Waals surface area contributed by atoms with Crippen LogP contribution in [0, 0.1) is 6.92 Å². The predicted molar refractivity (Wildman–Crippen MR) is 57.8 cm³/mol. The van der Waals surface area contributed by atoms with Gasteiger partial charge >= 0.3 is 0 Å². The molecular formula is C12H19N. The molecule has 1 aromatic rings. The summed E-state index contributed by atoms with van der Waals surface area (Å²) in [6.45, 7) is 9.63. The second kappa shape index (κ2) is 3.93. The first-order chi connectivity index (χ1) is 5.97. The molecule has 0 saturated carbocycles. The lowest BCUT2D eigenvalue weighted by Crippen LogP contribution is -2.35. The van der Waals surface area contributed by atoms with Crippen LogP contribution in [0.2, 0.25) is 0 Å². The first-order valence-corrected chi connectivity index (χ1v) is 4.78. The highest BCUT2D eigenvalue weighted by molar-refractivity contribution is 5.22. The number of rotatable bonds is 2. The SMILES string of the molecule is Cc1cccc(CNC(C)(C)C)c1. The fourth-order valence-electron chi connectivity index (χ4n) is 1.19. The summed E-state index contributed by atoms with van der Waals surface area (Å²) in [5.74, 6) is 0. The molecule has 0 spiro atoms. The molecule has 0 bridgehead atoms. The molecule has 0 heterocycles. The third-order valence-electron chi connectivity index (χ3n) is 1.91. The molecule has 1 rings (SSSR count). The van der Waals surface area contributed by atoms with E-state index in [-0.39, 0.29) is 5.54 Å². The molecule has 0 unspecified atom stereocenters. The highest BCUT2D eigenvalue weighted by Gasteiger charge is 2.07. The Bertz CT molecular complexity index is 271. The van der Waals surface area contributed by atoms with Gasteiger partial charge in [-0.05, 0) is 33.3 Å². The summed E-state index contributed by atoms with van der Waals surface area (Å²) in [6.07, 6.45) is 0. The van der Waals surface area contributed by atoms with Crippen molar-refractivity contribution < 1.29 is 0 Å². The predicted octanol–water partition coefficient (Wildman–Crippen LogP) is 2.88. The molecule has 0 fully saturated rings. The van der Waals surface area contributed by atoms with Gasteiger partial charge in [0.15, 0.2) is 0 Å². The van der Waals surface area contributed by atoms with Crippen LogP contribution in [0.3, 0.4) is 0 Å². The molecule has 0 aliphatic carbocycles. The van der Waals surface area contributed by atoms with Crippen molar-refractivity contribution in [2.24, 2.45) is 0 Å². The zero-order chi connectivity index (χ0) is 9.90. The molecule has 0 amide bonds. The van der Waals surface area contributed by atoms with Gasteiger partial charge in [-0.15, -0.1) is 0 Å². The van der Waals surface area contributed by atoms with E-state index < -0.39 is 0 Å². The second-order valence-corrected chi connectivity index (χ2v) is 4.59. The van der Waals surface area contributed by atoms with Crippen molar-refractivity contribution >= 4 is 0 Å². The number of benzene rings is 1. The summed E-state index contributed by atoms with van der Waals surface area (Å²) in [7, 11) is 0. The van der Waals surface area contributed by atoms with Crippen LogP contribution in [0.1, 0.15) is 31.9 Å². The summed E-state index contributed by atoms with van der Waals surface area (Å²) < 4.78 is 0. The van der Waals surface area contributed by atoms with Crippen LogP contribution in [0.5, 0.6) is 0 Å². The number of hydrogen-bond donors (Lipinski definition) is 1. The van der Waals surface area contributed by atoms with Crippen molar-refractivity contribution in [2.75, 3.05) is 0 Å². The van der Waals surface area contributed by atoms with E-state index in [0.29, 0.717) is 0 Å². The Morgan fingerprint density at radius 3 is 2.46 bits per heavy atom. The second-order valence-electron chi connectivity index (χ2n) is 4.59. The van der Waals surface area contributed by atoms with Gasteiger partial charge in [-0.2, -0.15) is 0 Å². The summed E-state index contributed by atoms with van der Waals surface area (Å²) in [5.41, 5.74) is 2.88. The van der Waals surface area contributed by atoms with E-state index in [4.69, 9.17) is 0 Å². The molecule has 0 aliphatic rings. The smallest absolute Gasteiger partial charge is 0.0210 e. The maximum absolute atomic E-state index is 3.47. The Labute approximate surface area is 81.2 Å². The van der Waals surface area contributed by atoms with E-state index >= 15 is 0 Å². The van der Waals surface area contributed by atoms with Gasteiger partial charge in [0.1, 0.15) is 0 Å². The monoisotopic (exact) mass is 177 g/mol. The fraction of sp³-hybridized carbons (Fsp3) is 0.500. The summed E-state index contributed by atoms with van der Waals surface area (Å²) in [6, 6.07) is 8.61. The van der Waals surface area contributed by atoms with Crippen LogP contribution < -0.4 is 5.32 Å². The standard InChI is InChI=1S/C12H19N/c1-10-6-5-7-11(8-10)9-13-12(2,3)4/h5-8,13H,9H2,1-4H3. The average molecular weight is 177 g/mol. The fourth-order valence-corrected chi connectivity index (χ4v) is 1.19. The van der Waals surface area contributed by atoms with Crippen molar-refractivity contribution in [1.82, 2.24) is 5.32 Å². The minimum atomic E-state index is 0.198. The Kier molecular flexibility index (Phi) is 3.10. The molecule has 0 radical (unpaired) electrons. The minimum absolute atomic E-state index is 0.198. The van der Waals surface area contributed by atoms with Crippen LogP contribution in [-0.2, 0) is 6.54 Å². The Balaban J connectivity index is 2.55. The molecule has 0 atom stereocenters. The Hall–Kier alpha value is -0.820. The van der Waals surface area contributed by atoms with Gasteiger partial charge in [-0.25, -0.2) is 0 Å². The van der Waals surface area contributed by atoms with Crippen molar-refractivity contribution in [1.29, 1.82) is 0 Å². The summed E-state index contributed by atoms with van der Waals surface area (Å²) in [4.78, 5) is 0. The molecule has 1 N–H and O–H groups in total. The van der Waals surface area contributed by atoms with Crippen LogP contribution >= 0.6 is 0 Å². The van der Waals surface area contributed by atoms with E-state index in [1.54, 1.807) is 0 Å². The molecule has 0 aromatic heterocycles. The topological polar surface area (TPSA) is 12.0 Å². The molecule has 0 aliphatic heterocycles. The van der Waals surface area contributed by atoms with Crippen molar-refractivity contribution in [3.63, 3.8) is 0 Å². The molecule has 0 saturated heterocycles. The quantitative estimate of drug-likeness (QED) is 0.732. The molecule has 72 valence electrons. The lowest BCUT2D eigenvalue weighted by molar-refractivity contribution is 0.424. The largest absolute Gasteiger partial charge is 0.308 e. The van der Waals surface area contributed by atoms with Crippen molar-refractivity contribution in [3.05, 3.63) is 35.4 Å². The summed E-state index contributed by atoms with van der Waals surface area (Å²) >= 11 is 0. The maximum atomic E-state index is 3.47. The van der Waals surface area contributed by atoms with Crippen LogP contribution in [-0.4, -0.2) is 5.54 Å². The lowest BCUT2D eigenvalue weighted by atomic mass is 10.1. The number of aryl methyl sites for hydroxylation is 1. The van der Waals surface area contributed by atoms with Crippen molar-refractivity contribution in [3.8, 4) is 0 Å². The molecule has 13 heavy (non-hydrogen) atoms. The van der Waals surface area contributed by atoms with E-state index in [0.717, 1.165) is 6.54 Å². The minimum Gasteiger partial charge on any atom is -0.308 e. The third kappa shape index (κ3) is 4.09. The molecular weight excluding hydrogens is 158 g/mol. The van der Waals surface area contributed by atoms with Gasteiger partial charge in [-0.1, -0.05) is 29.8 Å². The van der Waals surface area contributed by atoms with Gasteiger partial charge in [0.25, 0.3) is 0 Å². The van der Waals surface area contributed by atoms with Crippen LogP contribution in [0.25, 0.3) is 0 Å². The highest BCUT2D eigenvalue weighted by Crippen LogP contribution is 2.06. The summed E-state index contributed by atoms with van der Waals surface area (Å²) in [5, 5.41) is 3.47. The van der Waals surface area contributed by atoms with E-state index in [2.05, 4.69) is 57.3 Å². The van der Waals surface area contributed by atoms with Crippen LogP contribution in [0.15, 0.2) is 24.3 Å². The van der Waals surface area contributed by atoms with Crippen molar-refractivity contribution in [2.45, 2.75) is 39.8 Å². The Morgan fingerprint density at radius 2 is 1.92 bits per heavy atom. The van der Waals surface area contributed by atoms with E-state index in [1.165, 1.54) is 11.1 Å². The molecule has 1 nitrogen and oxygen atoms in total. The van der Waals surface area contributed by atoms with Gasteiger partial charge in [-0.3, -0.25) is 0 Å². The first-order valence-electron chi connectivity index (χ1n) is 4.78. The van der Waals surface area contributed by atoms with Crippen LogP contribution in [0.4, 0.5) is 0 Å². The Morgan fingerprint density at radius 1 is 1.23 bits per heavy atom. The lowest BCUT2D eigenvalue weighted by Gasteiger charge is -2.20. The molecule has 1 aromatic carbocycles. The van der Waals surface area contributed by atoms with Gasteiger partial charge in [0, 0.05) is 12.1 Å². The zero-order valence-electron chi connectivity index (χ0n) is 9.02. The van der Waals surface area contributed by atoms with Gasteiger partial charge < -0.3 is 5.32 Å². The van der Waals surface area contributed by atoms with E-state index in [9.17, 15) is 0 Å².